The summed E-state index contributed by atoms with van der Waals surface area (Å²) < 4.78 is 4.89. The first-order valence-corrected chi connectivity index (χ1v) is 9.64. The first-order chi connectivity index (χ1) is 12.9. The molecule has 3 rings (SSSR count). The Balaban J connectivity index is 1.99. The molecule has 0 saturated heterocycles. The topological polar surface area (TPSA) is 55.4 Å². The number of methoxy groups -OCH3 is 1. The maximum absolute atomic E-state index is 12.6. The number of nitrogens with one attached hydrogen (secondary N) is 1. The first kappa shape index (κ1) is 19.7. The number of hydrogen-bond acceptors (Lipinski definition) is 4. The van der Waals surface area contributed by atoms with Crippen LogP contribution in [-0.4, -0.2) is 19.0 Å². The van der Waals surface area contributed by atoms with Gasteiger partial charge in [0, 0.05) is 21.0 Å². The largest absolute Gasteiger partial charge is 0.465 e. The van der Waals surface area contributed by atoms with Crippen molar-refractivity contribution < 1.29 is 14.3 Å². The zero-order chi connectivity index (χ0) is 19.6. The SMILES string of the molecule is COC(=O)c1c(-c2ccc(Cl)cc2)csc1NC(=O)c1ccc(Cl)cc1Cl. The van der Waals surface area contributed by atoms with Gasteiger partial charge in [0.2, 0.25) is 0 Å². The van der Waals surface area contributed by atoms with Crippen molar-refractivity contribution in [1.82, 2.24) is 0 Å². The second kappa shape index (κ2) is 8.31. The van der Waals surface area contributed by atoms with Crippen LogP contribution < -0.4 is 5.32 Å². The number of amides is 1. The Morgan fingerprint density at radius 3 is 2.30 bits per heavy atom. The molecule has 1 amide bonds. The predicted octanol–water partition coefficient (Wildman–Crippen LogP) is 6.41. The van der Waals surface area contributed by atoms with Crippen LogP contribution in [0, 0.1) is 0 Å². The van der Waals surface area contributed by atoms with E-state index in [1.54, 1.807) is 35.7 Å². The van der Waals surface area contributed by atoms with Crippen LogP contribution in [0.5, 0.6) is 0 Å². The van der Waals surface area contributed by atoms with Crippen molar-refractivity contribution >= 4 is 63.0 Å². The average molecular weight is 441 g/mol. The molecule has 8 heteroatoms. The van der Waals surface area contributed by atoms with Crippen LogP contribution in [0.2, 0.25) is 15.1 Å². The Hall–Kier alpha value is -2.05. The normalized spacial score (nSPS) is 10.5. The highest BCUT2D eigenvalue weighted by Gasteiger charge is 2.23. The molecule has 4 nitrogen and oxygen atoms in total. The van der Waals surface area contributed by atoms with Crippen molar-refractivity contribution in [3.63, 3.8) is 0 Å². The van der Waals surface area contributed by atoms with Gasteiger partial charge in [0.25, 0.3) is 5.91 Å². The highest BCUT2D eigenvalue weighted by Crippen LogP contribution is 2.37. The number of carbonyl (C=O) groups is 2. The summed E-state index contributed by atoms with van der Waals surface area (Å²) in [7, 11) is 1.29. The molecular formula is C19H12Cl3NO3S. The highest BCUT2D eigenvalue weighted by atomic mass is 35.5. The number of esters is 1. The number of halogens is 3. The number of carbonyl (C=O) groups excluding carboxylic acids is 2. The first-order valence-electron chi connectivity index (χ1n) is 7.63. The maximum atomic E-state index is 12.6. The van der Waals surface area contributed by atoms with Crippen LogP contribution >= 0.6 is 46.1 Å². The summed E-state index contributed by atoms with van der Waals surface area (Å²) in [6.45, 7) is 0. The Bertz CT molecular complexity index is 1020. The molecule has 0 aliphatic rings. The maximum Gasteiger partial charge on any atom is 0.341 e. The average Bonchev–Trinajstić information content (AvgIpc) is 3.05. The third-order valence-corrected chi connectivity index (χ3v) is 5.43. The lowest BCUT2D eigenvalue weighted by atomic mass is 10.0. The van der Waals surface area contributed by atoms with Crippen molar-refractivity contribution in [1.29, 1.82) is 0 Å². The van der Waals surface area contributed by atoms with Gasteiger partial charge in [0.1, 0.15) is 10.6 Å². The minimum atomic E-state index is -0.557. The molecule has 0 fully saturated rings. The Morgan fingerprint density at radius 2 is 1.67 bits per heavy atom. The van der Waals surface area contributed by atoms with Gasteiger partial charge in [-0.3, -0.25) is 4.79 Å². The van der Waals surface area contributed by atoms with Gasteiger partial charge in [-0.2, -0.15) is 0 Å². The van der Waals surface area contributed by atoms with E-state index in [9.17, 15) is 9.59 Å². The zero-order valence-corrected chi connectivity index (χ0v) is 17.0. The number of rotatable bonds is 4. The molecule has 1 N–H and O–H groups in total. The van der Waals surface area contributed by atoms with Crippen LogP contribution in [-0.2, 0) is 4.74 Å². The van der Waals surface area contributed by atoms with Crippen LogP contribution in [0.1, 0.15) is 20.7 Å². The van der Waals surface area contributed by atoms with E-state index in [1.807, 2.05) is 0 Å². The molecule has 3 aromatic rings. The van der Waals surface area contributed by atoms with E-state index in [1.165, 1.54) is 30.6 Å². The fourth-order valence-corrected chi connectivity index (χ4v) is 4.01. The van der Waals surface area contributed by atoms with Crippen molar-refractivity contribution in [3.8, 4) is 11.1 Å². The van der Waals surface area contributed by atoms with Crippen molar-refractivity contribution in [3.05, 3.63) is 74.0 Å². The minimum absolute atomic E-state index is 0.217. The van der Waals surface area contributed by atoms with Gasteiger partial charge in [0.05, 0.1) is 17.7 Å². The second-order valence-corrected chi connectivity index (χ2v) is 7.59. The summed E-state index contributed by atoms with van der Waals surface area (Å²) in [5.74, 6) is -1.01. The second-order valence-electron chi connectivity index (χ2n) is 5.43. The van der Waals surface area contributed by atoms with Crippen molar-refractivity contribution in [2.24, 2.45) is 0 Å². The van der Waals surface area contributed by atoms with Gasteiger partial charge >= 0.3 is 5.97 Å². The van der Waals surface area contributed by atoms with E-state index >= 15 is 0 Å². The van der Waals surface area contributed by atoms with Crippen LogP contribution in [0.15, 0.2) is 47.8 Å². The van der Waals surface area contributed by atoms with Crippen LogP contribution in [0.4, 0.5) is 5.00 Å². The summed E-state index contributed by atoms with van der Waals surface area (Å²) in [6, 6.07) is 11.6. The molecule has 1 heterocycles. The molecule has 0 spiro atoms. The van der Waals surface area contributed by atoms with Crippen molar-refractivity contribution in [2.45, 2.75) is 0 Å². The summed E-state index contributed by atoms with van der Waals surface area (Å²) in [5.41, 5.74) is 1.93. The monoisotopic (exact) mass is 439 g/mol. The number of ether oxygens (including phenoxy) is 1. The molecule has 0 aliphatic heterocycles. The molecule has 0 radical (unpaired) electrons. The third-order valence-electron chi connectivity index (χ3n) is 3.74. The Kier molecular flexibility index (Phi) is 6.07. The van der Waals surface area contributed by atoms with Crippen LogP contribution in [0.25, 0.3) is 11.1 Å². The van der Waals surface area contributed by atoms with E-state index in [-0.39, 0.29) is 16.1 Å². The lowest BCUT2D eigenvalue weighted by molar-refractivity contribution is 0.0603. The molecule has 0 unspecified atom stereocenters. The predicted molar refractivity (Wildman–Crippen MR) is 111 cm³/mol. The summed E-state index contributed by atoms with van der Waals surface area (Å²) in [5, 5.41) is 6.09. The molecule has 0 atom stereocenters. The minimum Gasteiger partial charge on any atom is -0.465 e. The highest BCUT2D eigenvalue weighted by molar-refractivity contribution is 7.15. The van der Waals surface area contributed by atoms with Crippen molar-refractivity contribution in [2.75, 3.05) is 12.4 Å². The van der Waals surface area contributed by atoms with Gasteiger partial charge in [-0.1, -0.05) is 46.9 Å². The smallest absolute Gasteiger partial charge is 0.341 e. The zero-order valence-electron chi connectivity index (χ0n) is 13.9. The summed E-state index contributed by atoms with van der Waals surface area (Å²) in [4.78, 5) is 24.9. The van der Waals surface area contributed by atoms with Gasteiger partial charge in [-0.15, -0.1) is 11.3 Å². The van der Waals surface area contributed by atoms with Gasteiger partial charge in [0.15, 0.2) is 0 Å². The Labute approximate surface area is 174 Å². The summed E-state index contributed by atoms with van der Waals surface area (Å²) in [6.07, 6.45) is 0. The lowest BCUT2D eigenvalue weighted by Crippen LogP contribution is -2.14. The molecule has 0 bridgehead atoms. The van der Waals surface area contributed by atoms with E-state index in [0.717, 1.165) is 5.56 Å². The molecular weight excluding hydrogens is 429 g/mol. The third kappa shape index (κ3) is 4.28. The van der Waals surface area contributed by atoms with Gasteiger partial charge < -0.3 is 10.1 Å². The number of benzene rings is 2. The van der Waals surface area contributed by atoms with Gasteiger partial charge in [-0.25, -0.2) is 4.79 Å². The molecule has 138 valence electrons. The molecule has 0 saturated carbocycles. The fraction of sp³-hybridized carbons (Fsp3) is 0.0526. The molecule has 2 aromatic carbocycles. The van der Waals surface area contributed by atoms with Gasteiger partial charge in [-0.05, 0) is 35.9 Å². The molecule has 0 aliphatic carbocycles. The van der Waals surface area contributed by atoms with E-state index < -0.39 is 11.9 Å². The molecule has 27 heavy (non-hydrogen) atoms. The number of anilines is 1. The van der Waals surface area contributed by atoms with E-state index in [2.05, 4.69) is 5.32 Å². The number of hydrogen-bond donors (Lipinski definition) is 1. The molecule has 1 aromatic heterocycles. The lowest BCUT2D eigenvalue weighted by Gasteiger charge is -2.09. The number of thiophene rings is 1. The van der Waals surface area contributed by atoms with Crippen LogP contribution in [0.3, 0.4) is 0 Å². The Morgan fingerprint density at radius 1 is 1.00 bits per heavy atom. The van der Waals surface area contributed by atoms with E-state index in [0.29, 0.717) is 20.6 Å². The standard InChI is InChI=1S/C19H12Cl3NO3S/c1-26-19(25)16-14(10-2-4-11(20)5-3-10)9-27-18(16)23-17(24)13-7-6-12(21)8-15(13)22/h2-9H,1H3,(H,23,24). The quantitative estimate of drug-likeness (QED) is 0.477. The summed E-state index contributed by atoms with van der Waals surface area (Å²) >= 11 is 19.1. The fourth-order valence-electron chi connectivity index (χ4n) is 2.44. The van der Waals surface area contributed by atoms with E-state index in [4.69, 9.17) is 39.5 Å².